The van der Waals surface area contributed by atoms with Gasteiger partial charge in [0, 0.05) is 18.2 Å². The van der Waals surface area contributed by atoms with Gasteiger partial charge in [-0.05, 0) is 58.4 Å². The van der Waals surface area contributed by atoms with Crippen molar-refractivity contribution in [1.29, 1.82) is 0 Å². The lowest BCUT2D eigenvalue weighted by molar-refractivity contribution is -0.0580. The highest BCUT2D eigenvalue weighted by molar-refractivity contribution is 5.99. The van der Waals surface area contributed by atoms with Gasteiger partial charge < -0.3 is 21.3 Å². The summed E-state index contributed by atoms with van der Waals surface area (Å²) in [6.45, 7) is 2.77. The molecule has 1 heterocycles. The quantitative estimate of drug-likeness (QED) is 0.617. The Labute approximate surface area is 153 Å². The van der Waals surface area contributed by atoms with Crippen molar-refractivity contribution < 1.29 is 19.4 Å². The molecule has 0 radical (unpaired) electrons. The van der Waals surface area contributed by atoms with Crippen LogP contribution in [0.25, 0.3) is 0 Å². The molecule has 0 spiro atoms. The first-order chi connectivity index (χ1) is 12.0. The number of pyridine rings is 1. The molecule has 1 aromatic rings. The Kier molecular flexibility index (Phi) is 4.73. The SMILES string of the molecule is CC(C)(O)[C@H](F)Cc1nccc(NC23CCC(O)(CC2)CC3)c1C(N)=O. The van der Waals surface area contributed by atoms with Crippen LogP contribution in [0.15, 0.2) is 12.3 Å². The van der Waals surface area contributed by atoms with E-state index in [-0.39, 0.29) is 23.2 Å². The number of fused-ring (bicyclic) bond motifs is 3. The van der Waals surface area contributed by atoms with E-state index >= 15 is 0 Å². The third kappa shape index (κ3) is 3.69. The maximum Gasteiger partial charge on any atom is 0.252 e. The van der Waals surface area contributed by atoms with Crippen LogP contribution in [0, 0.1) is 0 Å². The van der Waals surface area contributed by atoms with Crippen molar-refractivity contribution in [2.24, 2.45) is 5.73 Å². The van der Waals surface area contributed by atoms with Gasteiger partial charge in [0.1, 0.15) is 6.17 Å². The van der Waals surface area contributed by atoms with E-state index in [2.05, 4.69) is 10.3 Å². The summed E-state index contributed by atoms with van der Waals surface area (Å²) in [5, 5.41) is 23.7. The van der Waals surface area contributed by atoms with Crippen LogP contribution in [-0.4, -0.2) is 44.0 Å². The number of aliphatic hydroxyl groups is 2. The summed E-state index contributed by atoms with van der Waals surface area (Å²) in [7, 11) is 0. The molecule has 0 saturated heterocycles. The van der Waals surface area contributed by atoms with E-state index in [1.807, 2.05) is 0 Å². The lowest BCUT2D eigenvalue weighted by Crippen LogP contribution is -2.54. The number of carbonyl (C=O) groups excluding carboxylic acids is 1. The fraction of sp³-hybridized carbons (Fsp3) is 0.684. The van der Waals surface area contributed by atoms with Gasteiger partial charge in [0.05, 0.1) is 28.1 Å². The second-order valence-corrected chi connectivity index (χ2v) is 8.50. The number of primary amides is 1. The Morgan fingerprint density at radius 1 is 1.35 bits per heavy atom. The molecule has 144 valence electrons. The van der Waals surface area contributed by atoms with Gasteiger partial charge in [-0.3, -0.25) is 9.78 Å². The average molecular weight is 365 g/mol. The van der Waals surface area contributed by atoms with Crippen molar-refractivity contribution in [2.45, 2.75) is 81.7 Å². The minimum atomic E-state index is -1.57. The van der Waals surface area contributed by atoms with Crippen LogP contribution in [0.5, 0.6) is 0 Å². The summed E-state index contributed by atoms with van der Waals surface area (Å²) in [5.74, 6) is -0.668. The third-order valence-electron chi connectivity index (χ3n) is 6.02. The monoisotopic (exact) mass is 365 g/mol. The maximum atomic E-state index is 14.3. The predicted octanol–water partition coefficient (Wildman–Crippen LogP) is 2.08. The van der Waals surface area contributed by atoms with Crippen molar-refractivity contribution in [1.82, 2.24) is 4.98 Å². The lowest BCUT2D eigenvalue weighted by Gasteiger charge is -2.51. The number of nitrogens with zero attached hydrogens (tertiary/aromatic N) is 1. The molecule has 1 atom stereocenters. The fourth-order valence-corrected chi connectivity index (χ4v) is 4.10. The van der Waals surface area contributed by atoms with Gasteiger partial charge in [-0.15, -0.1) is 0 Å². The molecule has 3 fully saturated rings. The minimum absolute atomic E-state index is 0.181. The van der Waals surface area contributed by atoms with Crippen LogP contribution >= 0.6 is 0 Å². The number of amides is 1. The van der Waals surface area contributed by atoms with Crippen molar-refractivity contribution in [3.63, 3.8) is 0 Å². The fourth-order valence-electron chi connectivity index (χ4n) is 4.10. The number of nitrogens with two attached hydrogens (primary N) is 1. The van der Waals surface area contributed by atoms with Crippen LogP contribution in [0.2, 0.25) is 0 Å². The lowest BCUT2D eigenvalue weighted by atomic mass is 9.63. The molecule has 3 aliphatic rings. The Bertz CT molecular complexity index is 677. The molecule has 0 unspecified atom stereocenters. The molecule has 5 N–H and O–H groups in total. The summed E-state index contributed by atoms with van der Waals surface area (Å²) < 4.78 is 14.3. The predicted molar refractivity (Wildman–Crippen MR) is 96.7 cm³/mol. The van der Waals surface area contributed by atoms with Gasteiger partial charge in [-0.1, -0.05) is 0 Å². The number of carbonyl (C=O) groups is 1. The number of nitrogens with one attached hydrogen (secondary N) is 1. The number of rotatable bonds is 6. The number of hydrogen-bond donors (Lipinski definition) is 4. The van der Waals surface area contributed by atoms with Crippen molar-refractivity contribution >= 4 is 11.6 Å². The largest absolute Gasteiger partial charge is 0.390 e. The van der Waals surface area contributed by atoms with E-state index in [9.17, 15) is 19.4 Å². The molecule has 3 saturated carbocycles. The van der Waals surface area contributed by atoms with E-state index in [1.165, 1.54) is 20.0 Å². The molecular formula is C19H28FN3O3. The van der Waals surface area contributed by atoms with Gasteiger partial charge in [0.25, 0.3) is 5.91 Å². The summed E-state index contributed by atoms with van der Waals surface area (Å²) in [5.41, 5.74) is 4.30. The molecule has 4 rings (SSSR count). The maximum absolute atomic E-state index is 14.3. The first-order valence-corrected chi connectivity index (χ1v) is 9.18. The van der Waals surface area contributed by atoms with Crippen LogP contribution in [0.1, 0.15) is 68.4 Å². The molecule has 6 nitrogen and oxygen atoms in total. The van der Waals surface area contributed by atoms with Crippen molar-refractivity contribution in [2.75, 3.05) is 5.32 Å². The van der Waals surface area contributed by atoms with Gasteiger partial charge in [0.15, 0.2) is 0 Å². The Morgan fingerprint density at radius 3 is 2.42 bits per heavy atom. The zero-order valence-corrected chi connectivity index (χ0v) is 15.4. The second-order valence-electron chi connectivity index (χ2n) is 8.50. The zero-order valence-electron chi connectivity index (χ0n) is 15.4. The number of anilines is 1. The molecule has 3 aliphatic carbocycles. The number of hydrogen-bond acceptors (Lipinski definition) is 5. The van der Waals surface area contributed by atoms with Gasteiger partial charge in [-0.2, -0.15) is 0 Å². The zero-order chi connectivity index (χ0) is 19.2. The van der Waals surface area contributed by atoms with E-state index < -0.39 is 23.3 Å². The smallest absolute Gasteiger partial charge is 0.252 e. The van der Waals surface area contributed by atoms with E-state index in [0.717, 1.165) is 38.5 Å². The van der Waals surface area contributed by atoms with Gasteiger partial charge >= 0.3 is 0 Å². The van der Waals surface area contributed by atoms with Crippen molar-refractivity contribution in [3.05, 3.63) is 23.5 Å². The van der Waals surface area contributed by atoms with E-state index in [1.54, 1.807) is 6.07 Å². The molecule has 2 bridgehead atoms. The third-order valence-corrected chi connectivity index (χ3v) is 6.02. The van der Waals surface area contributed by atoms with Gasteiger partial charge in [0.2, 0.25) is 0 Å². The highest BCUT2D eigenvalue weighted by Crippen LogP contribution is 2.48. The van der Waals surface area contributed by atoms with Crippen LogP contribution in [0.4, 0.5) is 10.1 Å². The molecule has 0 aliphatic heterocycles. The molecule has 26 heavy (non-hydrogen) atoms. The molecule has 7 heteroatoms. The Hall–Kier alpha value is -1.73. The summed E-state index contributed by atoms with van der Waals surface area (Å²) in [4.78, 5) is 16.2. The standard InChI is InChI=1S/C19H28FN3O3/c1-17(2,25)14(20)11-13-15(16(21)24)12(3-10-22-13)23-18-4-7-19(26,8-5-18)9-6-18/h3,10,14,25-26H,4-9,11H2,1-2H3,(H2,21,24)(H,22,23)/t14-,18?,19?/m1/s1. The topological polar surface area (TPSA) is 108 Å². The van der Waals surface area contributed by atoms with Gasteiger partial charge in [-0.25, -0.2) is 4.39 Å². The first-order valence-electron chi connectivity index (χ1n) is 9.18. The summed E-state index contributed by atoms with van der Waals surface area (Å²) in [6, 6.07) is 1.69. The molecule has 1 amide bonds. The highest BCUT2D eigenvalue weighted by Gasteiger charge is 2.48. The van der Waals surface area contributed by atoms with Crippen molar-refractivity contribution in [3.8, 4) is 0 Å². The number of alkyl halides is 1. The van der Waals surface area contributed by atoms with Crippen LogP contribution in [-0.2, 0) is 6.42 Å². The normalized spacial score (nSPS) is 29.4. The number of aromatic nitrogens is 1. The first kappa shape index (κ1) is 19.0. The summed E-state index contributed by atoms with van der Waals surface area (Å²) >= 11 is 0. The number of halogens is 1. The van der Waals surface area contributed by atoms with Crippen LogP contribution < -0.4 is 11.1 Å². The Balaban J connectivity index is 1.88. The molecular weight excluding hydrogens is 337 g/mol. The second kappa shape index (κ2) is 6.46. The van der Waals surface area contributed by atoms with Crippen LogP contribution in [0.3, 0.4) is 0 Å². The highest BCUT2D eigenvalue weighted by atomic mass is 19.1. The molecule has 1 aromatic heterocycles. The van der Waals surface area contributed by atoms with E-state index in [0.29, 0.717) is 5.69 Å². The van der Waals surface area contributed by atoms with E-state index in [4.69, 9.17) is 5.73 Å². The molecule has 0 aromatic carbocycles. The Morgan fingerprint density at radius 2 is 1.92 bits per heavy atom. The summed E-state index contributed by atoms with van der Waals surface area (Å²) in [6.07, 6.45) is 4.41. The average Bonchev–Trinajstić information content (AvgIpc) is 2.55. The minimum Gasteiger partial charge on any atom is -0.390 e.